The van der Waals surface area contributed by atoms with Crippen LogP contribution < -0.4 is 5.32 Å². The van der Waals surface area contributed by atoms with Gasteiger partial charge in [0.05, 0.1) is 0 Å². The van der Waals surface area contributed by atoms with Gasteiger partial charge in [0.15, 0.2) is 12.5 Å². The van der Waals surface area contributed by atoms with Crippen LogP contribution in [-0.2, 0) is 14.5 Å². The van der Waals surface area contributed by atoms with Crippen LogP contribution in [0.25, 0.3) is 0 Å². The molecule has 1 aliphatic rings. The molecule has 1 aromatic rings. The van der Waals surface area contributed by atoms with Crippen LogP contribution in [0.15, 0.2) is 24.3 Å². The van der Waals surface area contributed by atoms with Gasteiger partial charge in [0.25, 0.3) is 0 Å². The van der Waals surface area contributed by atoms with Crippen LogP contribution in [0.4, 0.5) is 5.69 Å². The Kier molecular flexibility index (Phi) is 4.13. The van der Waals surface area contributed by atoms with Crippen molar-refractivity contribution in [2.75, 3.05) is 5.32 Å². The van der Waals surface area contributed by atoms with Crippen molar-refractivity contribution >= 4 is 5.69 Å². The fourth-order valence-corrected chi connectivity index (χ4v) is 1.90. The molecular formula is C15H23NO3. The number of benzene rings is 1. The van der Waals surface area contributed by atoms with Crippen molar-refractivity contribution in [3.05, 3.63) is 29.8 Å². The number of hydrogen-bond acceptors (Lipinski definition) is 4. The molecule has 1 fully saturated rings. The van der Waals surface area contributed by atoms with E-state index in [9.17, 15) is 0 Å². The molecule has 0 radical (unpaired) electrons. The van der Waals surface area contributed by atoms with Crippen molar-refractivity contribution in [1.29, 1.82) is 0 Å². The van der Waals surface area contributed by atoms with Gasteiger partial charge >= 0.3 is 0 Å². The van der Waals surface area contributed by atoms with E-state index in [4.69, 9.17) is 14.5 Å². The van der Waals surface area contributed by atoms with E-state index >= 15 is 0 Å². The van der Waals surface area contributed by atoms with E-state index in [1.807, 2.05) is 39.8 Å². The lowest BCUT2D eigenvalue weighted by Crippen LogP contribution is -2.54. The molecule has 0 bridgehead atoms. The molecule has 0 aromatic heterocycles. The van der Waals surface area contributed by atoms with Crippen molar-refractivity contribution < 1.29 is 14.5 Å². The number of rotatable bonds is 3. The normalized spacial score (nSPS) is 26.4. The minimum Gasteiger partial charge on any atom is -0.358 e. The first kappa shape index (κ1) is 14.3. The second-order valence-corrected chi connectivity index (χ2v) is 5.93. The summed E-state index contributed by atoms with van der Waals surface area (Å²) in [6, 6.07) is 8.19. The smallest absolute Gasteiger partial charge is 0.196 e. The highest BCUT2D eigenvalue weighted by Gasteiger charge is 2.41. The monoisotopic (exact) mass is 265 g/mol. The van der Waals surface area contributed by atoms with Crippen LogP contribution in [-0.4, -0.2) is 18.1 Å². The first-order chi connectivity index (χ1) is 8.88. The van der Waals surface area contributed by atoms with E-state index in [1.165, 1.54) is 5.56 Å². The third-order valence-electron chi connectivity index (χ3n) is 3.12. The first-order valence-electron chi connectivity index (χ1n) is 6.71. The molecule has 1 N–H and O–H groups in total. The second-order valence-electron chi connectivity index (χ2n) is 5.93. The molecule has 19 heavy (non-hydrogen) atoms. The van der Waals surface area contributed by atoms with Gasteiger partial charge in [-0.25, -0.2) is 9.78 Å². The van der Waals surface area contributed by atoms with Gasteiger partial charge in [0, 0.05) is 11.6 Å². The number of nitrogens with one attached hydrogen (secondary N) is 1. The lowest BCUT2D eigenvalue weighted by atomic mass is 10.1. The highest BCUT2D eigenvalue weighted by molar-refractivity contribution is 5.46. The topological polar surface area (TPSA) is 39.7 Å². The SMILES string of the molecule is Cc1cccc(N[C@@H]2O[C@H](C(C)C)OOC2(C)C)c1. The van der Waals surface area contributed by atoms with Gasteiger partial charge in [0.1, 0.15) is 5.60 Å². The molecule has 4 heteroatoms. The van der Waals surface area contributed by atoms with Crippen LogP contribution in [0.5, 0.6) is 0 Å². The Morgan fingerprint density at radius 3 is 2.63 bits per heavy atom. The molecule has 0 spiro atoms. The van der Waals surface area contributed by atoms with Crippen molar-refractivity contribution in [2.24, 2.45) is 5.92 Å². The zero-order valence-electron chi connectivity index (χ0n) is 12.3. The van der Waals surface area contributed by atoms with Crippen LogP contribution in [0.1, 0.15) is 33.3 Å². The average molecular weight is 265 g/mol. The van der Waals surface area contributed by atoms with Crippen LogP contribution in [0.2, 0.25) is 0 Å². The summed E-state index contributed by atoms with van der Waals surface area (Å²) < 4.78 is 5.95. The Bertz CT molecular complexity index is 431. The molecule has 0 aliphatic carbocycles. The van der Waals surface area contributed by atoms with E-state index in [0.29, 0.717) is 0 Å². The predicted molar refractivity (Wildman–Crippen MR) is 74.5 cm³/mol. The van der Waals surface area contributed by atoms with Crippen molar-refractivity contribution in [2.45, 2.75) is 52.7 Å². The van der Waals surface area contributed by atoms with Gasteiger partial charge in [-0.1, -0.05) is 26.0 Å². The van der Waals surface area contributed by atoms with Gasteiger partial charge < -0.3 is 10.1 Å². The van der Waals surface area contributed by atoms with E-state index in [2.05, 4.69) is 24.4 Å². The number of aryl methyl sites for hydroxylation is 1. The summed E-state index contributed by atoms with van der Waals surface area (Å²) >= 11 is 0. The van der Waals surface area contributed by atoms with E-state index < -0.39 is 5.60 Å². The summed E-state index contributed by atoms with van der Waals surface area (Å²) in [7, 11) is 0. The fourth-order valence-electron chi connectivity index (χ4n) is 1.90. The largest absolute Gasteiger partial charge is 0.358 e. The summed E-state index contributed by atoms with van der Waals surface area (Å²) in [6.07, 6.45) is -0.606. The van der Waals surface area contributed by atoms with Crippen molar-refractivity contribution in [3.8, 4) is 0 Å². The first-order valence-corrected chi connectivity index (χ1v) is 6.71. The molecule has 4 nitrogen and oxygen atoms in total. The molecule has 0 amide bonds. The van der Waals surface area contributed by atoms with Crippen LogP contribution in [0.3, 0.4) is 0 Å². The fraction of sp³-hybridized carbons (Fsp3) is 0.600. The summed E-state index contributed by atoms with van der Waals surface area (Å²) in [6.45, 7) is 10.0. The highest BCUT2D eigenvalue weighted by atomic mass is 17.2. The zero-order valence-corrected chi connectivity index (χ0v) is 12.3. The Hall–Kier alpha value is -1.10. The maximum absolute atomic E-state index is 5.95. The molecule has 1 aromatic carbocycles. The summed E-state index contributed by atoms with van der Waals surface area (Å²) in [5, 5.41) is 3.37. The molecule has 1 heterocycles. The molecule has 2 rings (SSSR count). The second kappa shape index (κ2) is 5.49. The molecule has 0 saturated carbocycles. The van der Waals surface area contributed by atoms with E-state index in [1.54, 1.807) is 0 Å². The third-order valence-corrected chi connectivity index (χ3v) is 3.12. The molecule has 0 unspecified atom stereocenters. The summed E-state index contributed by atoms with van der Waals surface area (Å²) in [5.41, 5.74) is 1.68. The Morgan fingerprint density at radius 1 is 1.26 bits per heavy atom. The molecule has 106 valence electrons. The van der Waals surface area contributed by atoms with Gasteiger partial charge in [0.2, 0.25) is 0 Å². The lowest BCUT2D eigenvalue weighted by molar-refractivity contribution is -0.485. The quantitative estimate of drug-likeness (QED) is 0.849. The molecule has 1 saturated heterocycles. The number of ether oxygens (including phenoxy) is 1. The lowest BCUT2D eigenvalue weighted by Gasteiger charge is -2.42. The van der Waals surface area contributed by atoms with Crippen molar-refractivity contribution in [3.63, 3.8) is 0 Å². The standard InChI is InChI=1S/C15H23NO3/c1-10(2)13-17-14(15(4,5)19-18-13)16-12-8-6-7-11(3)9-12/h6-10,13-14,16H,1-5H3/t13-,14+/m0/s1. The Labute approximate surface area is 115 Å². The van der Waals surface area contributed by atoms with Gasteiger partial charge in [-0.15, -0.1) is 0 Å². The van der Waals surface area contributed by atoms with Crippen molar-refractivity contribution in [1.82, 2.24) is 0 Å². The summed E-state index contributed by atoms with van der Waals surface area (Å²) in [5.74, 6) is 0.234. The van der Waals surface area contributed by atoms with E-state index in [0.717, 1.165) is 5.69 Å². The summed E-state index contributed by atoms with van der Waals surface area (Å²) in [4.78, 5) is 10.8. The Balaban J connectivity index is 2.11. The minimum absolute atomic E-state index is 0.234. The van der Waals surface area contributed by atoms with Crippen LogP contribution in [0, 0.1) is 12.8 Å². The number of hydrogen-bond donors (Lipinski definition) is 1. The number of anilines is 1. The van der Waals surface area contributed by atoms with Gasteiger partial charge in [-0.05, 0) is 38.5 Å². The zero-order chi connectivity index (χ0) is 14.0. The maximum atomic E-state index is 5.95. The van der Waals surface area contributed by atoms with Crippen LogP contribution >= 0.6 is 0 Å². The molecule has 2 atom stereocenters. The van der Waals surface area contributed by atoms with Gasteiger partial charge in [-0.2, -0.15) is 0 Å². The molecule has 1 aliphatic heterocycles. The van der Waals surface area contributed by atoms with Gasteiger partial charge in [-0.3, -0.25) is 0 Å². The van der Waals surface area contributed by atoms with E-state index in [-0.39, 0.29) is 18.4 Å². The Morgan fingerprint density at radius 2 is 2.00 bits per heavy atom. The predicted octanol–water partition coefficient (Wildman–Crippen LogP) is 3.47. The maximum Gasteiger partial charge on any atom is 0.196 e. The minimum atomic E-state index is -0.546. The third kappa shape index (κ3) is 3.47. The average Bonchev–Trinajstić information content (AvgIpc) is 2.31. The molecular weight excluding hydrogens is 242 g/mol. The highest BCUT2D eigenvalue weighted by Crippen LogP contribution is 2.29.